The molecule has 3 heterocycles. The third kappa shape index (κ3) is 7.08. The lowest BCUT2D eigenvalue weighted by atomic mass is 9.93. The Morgan fingerprint density at radius 2 is 2.14 bits per heavy atom. The molecule has 7 heteroatoms. The van der Waals surface area contributed by atoms with Crippen LogP contribution in [-0.4, -0.2) is 78.0 Å². The Bertz CT molecular complexity index is 649. The zero-order valence-corrected chi connectivity index (χ0v) is 17.6. The van der Waals surface area contributed by atoms with E-state index in [1.165, 1.54) is 0 Å². The molecule has 1 atom stereocenters. The van der Waals surface area contributed by atoms with Gasteiger partial charge in [-0.1, -0.05) is 6.07 Å². The first-order valence-corrected chi connectivity index (χ1v) is 10.9. The van der Waals surface area contributed by atoms with Gasteiger partial charge in [0.15, 0.2) is 0 Å². The maximum absolute atomic E-state index is 12.5. The minimum Gasteiger partial charge on any atom is -0.345 e. The molecule has 7 nitrogen and oxygen atoms in total. The summed E-state index contributed by atoms with van der Waals surface area (Å²) in [5.41, 5.74) is 1.01. The molecule has 2 aliphatic rings. The summed E-state index contributed by atoms with van der Waals surface area (Å²) in [6.45, 7) is 4.68. The molecule has 1 aromatic rings. The largest absolute Gasteiger partial charge is 0.345 e. The average Bonchev–Trinajstić information content (AvgIpc) is 3.28. The van der Waals surface area contributed by atoms with Crippen molar-refractivity contribution in [3.05, 3.63) is 30.1 Å². The van der Waals surface area contributed by atoms with E-state index in [0.29, 0.717) is 31.8 Å². The SMILES string of the molecule is CN(CCc1ccccn1)C(=O)CCC1CCCN(C(=O)CCN2CCCO2)C1. The second-order valence-corrected chi connectivity index (χ2v) is 8.14. The summed E-state index contributed by atoms with van der Waals surface area (Å²) in [7, 11) is 1.86. The summed E-state index contributed by atoms with van der Waals surface area (Å²) >= 11 is 0. The van der Waals surface area contributed by atoms with Crippen LogP contribution in [0.1, 0.15) is 44.2 Å². The van der Waals surface area contributed by atoms with Gasteiger partial charge in [-0.05, 0) is 43.7 Å². The van der Waals surface area contributed by atoms with Crippen LogP contribution in [0.3, 0.4) is 0 Å². The van der Waals surface area contributed by atoms with Gasteiger partial charge in [0.1, 0.15) is 0 Å². The average molecular weight is 403 g/mol. The number of hydrogen-bond donors (Lipinski definition) is 0. The van der Waals surface area contributed by atoms with E-state index in [9.17, 15) is 9.59 Å². The van der Waals surface area contributed by atoms with E-state index in [1.54, 1.807) is 11.1 Å². The topological polar surface area (TPSA) is 66.0 Å². The molecule has 2 amide bonds. The first-order chi connectivity index (χ1) is 14.1. The number of rotatable bonds is 9. The predicted molar refractivity (Wildman–Crippen MR) is 111 cm³/mol. The van der Waals surface area contributed by atoms with Gasteiger partial charge in [0.25, 0.3) is 0 Å². The number of nitrogens with zero attached hydrogens (tertiary/aromatic N) is 4. The van der Waals surface area contributed by atoms with Gasteiger partial charge in [-0.15, -0.1) is 0 Å². The molecule has 1 aromatic heterocycles. The predicted octanol–water partition coefficient (Wildman–Crippen LogP) is 2.13. The normalized spacial score (nSPS) is 20.0. The fourth-order valence-electron chi connectivity index (χ4n) is 4.05. The van der Waals surface area contributed by atoms with Gasteiger partial charge in [-0.2, -0.15) is 5.06 Å². The monoisotopic (exact) mass is 402 g/mol. The van der Waals surface area contributed by atoms with Crippen LogP contribution in [0.25, 0.3) is 0 Å². The summed E-state index contributed by atoms with van der Waals surface area (Å²) < 4.78 is 0. The molecule has 1 unspecified atom stereocenters. The number of pyridine rings is 1. The number of carbonyl (C=O) groups excluding carboxylic acids is 2. The molecule has 0 spiro atoms. The smallest absolute Gasteiger partial charge is 0.223 e. The maximum Gasteiger partial charge on any atom is 0.223 e. The summed E-state index contributed by atoms with van der Waals surface area (Å²) in [4.78, 5) is 38.6. The lowest BCUT2D eigenvalue weighted by Crippen LogP contribution is -2.41. The van der Waals surface area contributed by atoms with Crippen molar-refractivity contribution < 1.29 is 14.4 Å². The van der Waals surface area contributed by atoms with Crippen molar-refractivity contribution in [1.29, 1.82) is 0 Å². The molecule has 0 saturated carbocycles. The Kier molecular flexibility index (Phi) is 8.43. The summed E-state index contributed by atoms with van der Waals surface area (Å²) in [5, 5.41) is 1.90. The van der Waals surface area contributed by atoms with Gasteiger partial charge >= 0.3 is 0 Å². The van der Waals surface area contributed by atoms with E-state index < -0.39 is 0 Å². The van der Waals surface area contributed by atoms with Gasteiger partial charge in [-0.25, -0.2) is 0 Å². The van der Waals surface area contributed by atoms with Crippen molar-refractivity contribution in [2.75, 3.05) is 46.4 Å². The van der Waals surface area contributed by atoms with Crippen LogP contribution < -0.4 is 0 Å². The molecule has 0 radical (unpaired) electrons. The number of hydroxylamine groups is 2. The van der Waals surface area contributed by atoms with E-state index >= 15 is 0 Å². The number of hydrogen-bond acceptors (Lipinski definition) is 5. The fourth-order valence-corrected chi connectivity index (χ4v) is 4.05. The summed E-state index contributed by atoms with van der Waals surface area (Å²) in [5.74, 6) is 0.809. The minimum atomic E-state index is 0.176. The number of aromatic nitrogens is 1. The maximum atomic E-state index is 12.5. The first-order valence-electron chi connectivity index (χ1n) is 10.9. The van der Waals surface area contributed by atoms with E-state index in [4.69, 9.17) is 4.84 Å². The molecule has 0 aliphatic carbocycles. The highest BCUT2D eigenvalue weighted by molar-refractivity contribution is 5.77. The van der Waals surface area contributed by atoms with Crippen molar-refractivity contribution in [3.8, 4) is 0 Å². The Morgan fingerprint density at radius 3 is 2.90 bits per heavy atom. The Balaban J connectivity index is 1.34. The summed E-state index contributed by atoms with van der Waals surface area (Å²) in [6, 6.07) is 5.86. The van der Waals surface area contributed by atoms with Gasteiger partial charge in [0.2, 0.25) is 11.8 Å². The Morgan fingerprint density at radius 1 is 1.24 bits per heavy atom. The molecule has 0 aromatic carbocycles. The Labute approximate surface area is 174 Å². The van der Waals surface area contributed by atoms with Crippen LogP contribution in [0, 0.1) is 5.92 Å². The van der Waals surface area contributed by atoms with Crippen molar-refractivity contribution in [2.24, 2.45) is 5.92 Å². The second kappa shape index (κ2) is 11.3. The quantitative estimate of drug-likeness (QED) is 0.633. The number of amides is 2. The fraction of sp³-hybridized carbons (Fsp3) is 0.682. The van der Waals surface area contributed by atoms with E-state index in [2.05, 4.69) is 4.98 Å². The van der Waals surface area contributed by atoms with Gasteiger partial charge in [-0.3, -0.25) is 19.4 Å². The van der Waals surface area contributed by atoms with Crippen LogP contribution in [0.4, 0.5) is 0 Å². The first kappa shape index (κ1) is 21.7. The lowest BCUT2D eigenvalue weighted by Gasteiger charge is -2.33. The zero-order valence-electron chi connectivity index (χ0n) is 17.6. The highest BCUT2D eigenvalue weighted by atomic mass is 16.7. The molecule has 2 aliphatic heterocycles. The van der Waals surface area contributed by atoms with Crippen LogP contribution >= 0.6 is 0 Å². The van der Waals surface area contributed by atoms with Crippen LogP contribution in [0.5, 0.6) is 0 Å². The van der Waals surface area contributed by atoms with Crippen LogP contribution in [0.2, 0.25) is 0 Å². The molecule has 3 rings (SSSR count). The lowest BCUT2D eigenvalue weighted by molar-refractivity contribution is -0.140. The van der Waals surface area contributed by atoms with Gasteiger partial charge in [0.05, 0.1) is 6.61 Å². The van der Waals surface area contributed by atoms with E-state index in [-0.39, 0.29) is 11.8 Å². The van der Waals surface area contributed by atoms with Crippen molar-refractivity contribution in [2.45, 2.75) is 44.9 Å². The molecule has 160 valence electrons. The Hall–Kier alpha value is -1.99. The number of likely N-dealkylation sites (N-methyl/N-ethyl adjacent to an activating group) is 1. The molecular weight excluding hydrogens is 368 g/mol. The highest BCUT2D eigenvalue weighted by Gasteiger charge is 2.25. The molecule has 2 fully saturated rings. The standard InChI is InChI=1S/C22H34N4O3/c1-24(15-10-20-7-2-3-12-23-20)21(27)9-8-19-6-4-13-25(18-19)22(28)11-16-26-14-5-17-29-26/h2-3,7,12,19H,4-6,8-11,13-18H2,1H3. The molecule has 29 heavy (non-hydrogen) atoms. The van der Waals surface area contributed by atoms with E-state index in [1.807, 2.05) is 35.2 Å². The number of carbonyl (C=O) groups is 2. The molecule has 0 N–H and O–H groups in total. The van der Waals surface area contributed by atoms with Crippen molar-refractivity contribution >= 4 is 11.8 Å². The van der Waals surface area contributed by atoms with Crippen molar-refractivity contribution in [1.82, 2.24) is 19.8 Å². The van der Waals surface area contributed by atoms with Gasteiger partial charge in [0, 0.05) is 70.9 Å². The third-order valence-corrected chi connectivity index (χ3v) is 5.89. The molecule has 0 bridgehead atoms. The second-order valence-electron chi connectivity index (χ2n) is 8.14. The zero-order chi connectivity index (χ0) is 20.5. The van der Waals surface area contributed by atoms with Gasteiger partial charge < -0.3 is 9.80 Å². The van der Waals surface area contributed by atoms with Crippen molar-refractivity contribution in [3.63, 3.8) is 0 Å². The number of piperidine rings is 1. The van der Waals surface area contributed by atoms with E-state index in [0.717, 1.165) is 64.0 Å². The molecule has 2 saturated heterocycles. The number of likely N-dealkylation sites (tertiary alicyclic amines) is 1. The van der Waals surface area contributed by atoms with Crippen LogP contribution in [-0.2, 0) is 20.8 Å². The third-order valence-electron chi connectivity index (χ3n) is 5.89. The highest BCUT2D eigenvalue weighted by Crippen LogP contribution is 2.22. The minimum absolute atomic E-state index is 0.176. The summed E-state index contributed by atoms with van der Waals surface area (Å²) in [6.07, 6.45) is 7.65. The molecular formula is C22H34N4O3. The van der Waals surface area contributed by atoms with Crippen LogP contribution in [0.15, 0.2) is 24.4 Å².